The number of carbonyl (C=O) groups is 1. The second kappa shape index (κ2) is 4.18. The standard InChI is InChI=1S/C7H14N2O2/c8-7(10)11-5-6-3-1-2-4-9-6/h6,9H,1-5H2,(H2,8,10). The maximum Gasteiger partial charge on any atom is 0.404 e. The van der Waals surface area contributed by atoms with Gasteiger partial charge in [-0.25, -0.2) is 4.79 Å². The number of hydrogen-bond acceptors (Lipinski definition) is 3. The zero-order valence-corrected chi connectivity index (χ0v) is 6.51. The molecule has 11 heavy (non-hydrogen) atoms. The summed E-state index contributed by atoms with van der Waals surface area (Å²) < 4.78 is 4.66. The molecule has 1 amide bonds. The van der Waals surface area contributed by atoms with Crippen molar-refractivity contribution < 1.29 is 9.53 Å². The number of nitrogens with two attached hydrogens (primary N) is 1. The molecule has 4 nitrogen and oxygen atoms in total. The highest BCUT2D eigenvalue weighted by molar-refractivity contribution is 5.64. The Balaban J connectivity index is 2.09. The monoisotopic (exact) mass is 158 g/mol. The van der Waals surface area contributed by atoms with E-state index in [1.807, 2.05) is 0 Å². The van der Waals surface area contributed by atoms with Gasteiger partial charge in [0.05, 0.1) is 0 Å². The fourth-order valence-corrected chi connectivity index (χ4v) is 1.25. The second-order valence-corrected chi connectivity index (χ2v) is 2.78. The first kappa shape index (κ1) is 8.33. The third-order valence-electron chi connectivity index (χ3n) is 1.84. The van der Waals surface area contributed by atoms with Gasteiger partial charge in [-0.15, -0.1) is 0 Å². The molecule has 1 heterocycles. The summed E-state index contributed by atoms with van der Waals surface area (Å²) in [6.45, 7) is 1.43. The average molecular weight is 158 g/mol. The van der Waals surface area contributed by atoms with Crippen molar-refractivity contribution >= 4 is 6.09 Å². The number of ether oxygens (including phenoxy) is 1. The molecule has 4 heteroatoms. The number of carbonyl (C=O) groups excluding carboxylic acids is 1. The highest BCUT2D eigenvalue weighted by atomic mass is 16.5. The van der Waals surface area contributed by atoms with E-state index in [0.717, 1.165) is 13.0 Å². The quantitative estimate of drug-likeness (QED) is 0.604. The van der Waals surface area contributed by atoms with Crippen molar-refractivity contribution in [3.8, 4) is 0 Å². The summed E-state index contributed by atoms with van der Waals surface area (Å²) in [5.74, 6) is 0. The second-order valence-electron chi connectivity index (χ2n) is 2.78. The first-order chi connectivity index (χ1) is 5.29. The molecule has 0 spiro atoms. The van der Waals surface area contributed by atoms with E-state index in [-0.39, 0.29) is 0 Å². The molecule has 1 fully saturated rings. The lowest BCUT2D eigenvalue weighted by atomic mass is 10.1. The Morgan fingerprint density at radius 3 is 3.00 bits per heavy atom. The molecule has 1 aliphatic rings. The van der Waals surface area contributed by atoms with E-state index in [1.165, 1.54) is 12.8 Å². The third-order valence-corrected chi connectivity index (χ3v) is 1.84. The molecule has 1 atom stereocenters. The molecule has 0 saturated carbocycles. The molecule has 0 radical (unpaired) electrons. The number of hydrogen-bond donors (Lipinski definition) is 2. The summed E-state index contributed by atoms with van der Waals surface area (Å²) in [4.78, 5) is 10.2. The highest BCUT2D eigenvalue weighted by Crippen LogP contribution is 2.06. The minimum atomic E-state index is -0.683. The maximum absolute atomic E-state index is 10.2. The molecule has 1 rings (SSSR count). The smallest absolute Gasteiger partial charge is 0.404 e. The van der Waals surface area contributed by atoms with Crippen LogP contribution in [0.25, 0.3) is 0 Å². The van der Waals surface area contributed by atoms with Crippen LogP contribution in [0.3, 0.4) is 0 Å². The zero-order chi connectivity index (χ0) is 8.10. The Labute approximate surface area is 66.1 Å². The lowest BCUT2D eigenvalue weighted by Gasteiger charge is -2.22. The van der Waals surface area contributed by atoms with Gasteiger partial charge in [0.1, 0.15) is 6.61 Å². The van der Waals surface area contributed by atoms with E-state index in [2.05, 4.69) is 10.1 Å². The average Bonchev–Trinajstić information content (AvgIpc) is 2.03. The summed E-state index contributed by atoms with van der Waals surface area (Å²) in [6, 6.07) is 0.316. The van der Waals surface area contributed by atoms with Crippen LogP contribution in [0, 0.1) is 0 Å². The minimum Gasteiger partial charge on any atom is -0.448 e. The van der Waals surface area contributed by atoms with Crippen LogP contribution in [-0.2, 0) is 4.74 Å². The van der Waals surface area contributed by atoms with Crippen LogP contribution in [0.15, 0.2) is 0 Å². The van der Waals surface area contributed by atoms with Gasteiger partial charge in [-0.05, 0) is 19.4 Å². The molecule has 0 aliphatic carbocycles. The lowest BCUT2D eigenvalue weighted by molar-refractivity contribution is 0.137. The molecule has 1 saturated heterocycles. The van der Waals surface area contributed by atoms with Crippen LogP contribution >= 0.6 is 0 Å². The van der Waals surface area contributed by atoms with Crippen molar-refractivity contribution in [3.05, 3.63) is 0 Å². The van der Waals surface area contributed by atoms with Gasteiger partial charge in [0.2, 0.25) is 0 Å². The largest absolute Gasteiger partial charge is 0.448 e. The van der Waals surface area contributed by atoms with E-state index in [1.54, 1.807) is 0 Å². The molecule has 0 bridgehead atoms. The Kier molecular flexibility index (Phi) is 3.16. The number of rotatable bonds is 2. The number of nitrogens with one attached hydrogen (secondary N) is 1. The predicted molar refractivity (Wildman–Crippen MR) is 41.2 cm³/mol. The summed E-state index contributed by atoms with van der Waals surface area (Å²) in [5, 5.41) is 3.24. The molecular weight excluding hydrogens is 144 g/mol. The molecule has 0 aromatic carbocycles. The van der Waals surface area contributed by atoms with Crippen LogP contribution in [0.1, 0.15) is 19.3 Å². The van der Waals surface area contributed by atoms with E-state index in [4.69, 9.17) is 5.73 Å². The molecule has 3 N–H and O–H groups in total. The molecule has 1 aliphatic heterocycles. The molecule has 0 aromatic rings. The first-order valence-electron chi connectivity index (χ1n) is 3.94. The Morgan fingerprint density at radius 2 is 2.45 bits per heavy atom. The SMILES string of the molecule is NC(=O)OCC1CCCCN1. The minimum absolute atomic E-state index is 0.316. The third kappa shape index (κ3) is 3.23. The molecular formula is C7H14N2O2. The number of piperidine rings is 1. The summed E-state index contributed by atoms with van der Waals surface area (Å²) in [5.41, 5.74) is 4.82. The van der Waals surface area contributed by atoms with Crippen molar-refractivity contribution in [2.75, 3.05) is 13.2 Å². The number of amides is 1. The van der Waals surface area contributed by atoms with E-state index in [9.17, 15) is 4.79 Å². The van der Waals surface area contributed by atoms with Crippen molar-refractivity contribution in [2.24, 2.45) is 5.73 Å². The van der Waals surface area contributed by atoms with Gasteiger partial charge in [0.25, 0.3) is 0 Å². The van der Waals surface area contributed by atoms with Crippen LogP contribution in [-0.4, -0.2) is 25.3 Å². The predicted octanol–water partition coefficient (Wildman–Crippen LogP) is 0.224. The summed E-state index contributed by atoms with van der Waals surface area (Å²) >= 11 is 0. The van der Waals surface area contributed by atoms with Gasteiger partial charge in [0.15, 0.2) is 0 Å². The van der Waals surface area contributed by atoms with Gasteiger partial charge < -0.3 is 15.8 Å². The molecule has 0 aromatic heterocycles. The van der Waals surface area contributed by atoms with Gasteiger partial charge in [-0.2, -0.15) is 0 Å². The van der Waals surface area contributed by atoms with Crippen LogP contribution in [0.4, 0.5) is 4.79 Å². The van der Waals surface area contributed by atoms with E-state index < -0.39 is 6.09 Å². The van der Waals surface area contributed by atoms with Crippen LogP contribution in [0.2, 0.25) is 0 Å². The van der Waals surface area contributed by atoms with E-state index in [0.29, 0.717) is 12.6 Å². The first-order valence-corrected chi connectivity index (χ1v) is 3.94. The number of primary amides is 1. The van der Waals surface area contributed by atoms with Gasteiger partial charge in [0, 0.05) is 6.04 Å². The topological polar surface area (TPSA) is 64.4 Å². The summed E-state index contributed by atoms with van der Waals surface area (Å²) in [6.07, 6.45) is 2.82. The zero-order valence-electron chi connectivity index (χ0n) is 6.51. The fourth-order valence-electron chi connectivity index (χ4n) is 1.25. The van der Waals surface area contributed by atoms with Crippen LogP contribution in [0.5, 0.6) is 0 Å². The molecule has 64 valence electrons. The van der Waals surface area contributed by atoms with Gasteiger partial charge in [-0.3, -0.25) is 0 Å². The van der Waals surface area contributed by atoms with Gasteiger partial charge >= 0.3 is 6.09 Å². The van der Waals surface area contributed by atoms with E-state index >= 15 is 0 Å². The van der Waals surface area contributed by atoms with Crippen LogP contribution < -0.4 is 11.1 Å². The lowest BCUT2D eigenvalue weighted by Crippen LogP contribution is -2.38. The van der Waals surface area contributed by atoms with Crippen molar-refractivity contribution in [3.63, 3.8) is 0 Å². The van der Waals surface area contributed by atoms with Crippen molar-refractivity contribution in [1.29, 1.82) is 0 Å². The normalized spacial score (nSPS) is 24.5. The Hall–Kier alpha value is -0.770. The van der Waals surface area contributed by atoms with Gasteiger partial charge in [-0.1, -0.05) is 6.42 Å². The highest BCUT2D eigenvalue weighted by Gasteiger charge is 2.13. The van der Waals surface area contributed by atoms with Crippen molar-refractivity contribution in [2.45, 2.75) is 25.3 Å². The molecule has 1 unspecified atom stereocenters. The fraction of sp³-hybridized carbons (Fsp3) is 0.857. The van der Waals surface area contributed by atoms with Crippen molar-refractivity contribution in [1.82, 2.24) is 5.32 Å². The maximum atomic E-state index is 10.2. The summed E-state index contributed by atoms with van der Waals surface area (Å²) in [7, 11) is 0. The Bertz CT molecular complexity index is 132. The Morgan fingerprint density at radius 1 is 1.64 bits per heavy atom.